The minimum atomic E-state index is 0.874. The highest BCUT2D eigenvalue weighted by Crippen LogP contribution is 2.30. The molecule has 126 valence electrons. The Morgan fingerprint density at radius 1 is 0.808 bits per heavy atom. The van der Waals surface area contributed by atoms with Crippen LogP contribution in [0.25, 0.3) is 33.1 Å². The van der Waals surface area contributed by atoms with E-state index in [1.807, 2.05) is 24.3 Å². The molecule has 0 saturated carbocycles. The van der Waals surface area contributed by atoms with Crippen molar-refractivity contribution in [2.24, 2.45) is 0 Å². The third-order valence-electron chi connectivity index (χ3n) is 4.78. The van der Waals surface area contributed by atoms with Crippen molar-refractivity contribution in [3.05, 3.63) is 82.8 Å². The van der Waals surface area contributed by atoms with Gasteiger partial charge in [0.25, 0.3) is 0 Å². The molecule has 0 aliphatic heterocycles. The minimum Gasteiger partial charge on any atom is -0.324 e. The summed E-state index contributed by atoms with van der Waals surface area (Å²) in [6.07, 6.45) is 0.963. The van der Waals surface area contributed by atoms with E-state index in [2.05, 4.69) is 69.0 Å². The second kappa shape index (κ2) is 6.22. The van der Waals surface area contributed by atoms with Gasteiger partial charge in [0, 0.05) is 16.4 Å². The number of benzene rings is 3. The molecule has 0 radical (unpaired) electrons. The molecule has 0 saturated heterocycles. The van der Waals surface area contributed by atoms with E-state index < -0.39 is 0 Å². The minimum absolute atomic E-state index is 0.874. The molecule has 4 heteroatoms. The second-order valence-corrected chi connectivity index (χ2v) is 7.35. The molecule has 2 aromatic heterocycles. The molecule has 0 aliphatic carbocycles. The van der Waals surface area contributed by atoms with Crippen LogP contribution in [0, 0.1) is 0 Å². The molecular weight excluding hydrogens is 386 g/mol. The maximum absolute atomic E-state index is 4.94. The maximum Gasteiger partial charge on any atom is 0.160 e. The highest BCUT2D eigenvalue weighted by Gasteiger charge is 2.14. The first-order valence-electron chi connectivity index (χ1n) is 8.68. The van der Waals surface area contributed by atoms with Crippen molar-refractivity contribution < 1.29 is 0 Å². The third kappa shape index (κ3) is 2.58. The van der Waals surface area contributed by atoms with Gasteiger partial charge in [-0.2, -0.15) is 0 Å². The number of aromatic nitrogens is 3. The molecule has 3 aromatic carbocycles. The van der Waals surface area contributed by atoms with Crippen molar-refractivity contribution >= 4 is 49.0 Å². The average molecular weight is 402 g/mol. The predicted octanol–water partition coefficient (Wildman–Crippen LogP) is 5.74. The summed E-state index contributed by atoms with van der Waals surface area (Å²) in [5.74, 6) is 0. The fourth-order valence-electron chi connectivity index (χ4n) is 3.52. The molecule has 0 N–H and O–H groups in total. The van der Waals surface area contributed by atoms with Gasteiger partial charge in [-0.25, -0.2) is 9.97 Å². The third-order valence-corrected chi connectivity index (χ3v) is 5.27. The Kier molecular flexibility index (Phi) is 3.71. The zero-order valence-electron chi connectivity index (χ0n) is 14.1. The van der Waals surface area contributed by atoms with E-state index in [-0.39, 0.29) is 0 Å². The first kappa shape index (κ1) is 15.5. The van der Waals surface area contributed by atoms with Gasteiger partial charge in [-0.3, -0.25) is 0 Å². The van der Waals surface area contributed by atoms with Gasteiger partial charge in [0.05, 0.1) is 16.6 Å². The predicted molar refractivity (Wildman–Crippen MR) is 110 cm³/mol. The SMILES string of the molecule is Brc1ccc2c(c1)c1nc3ccccc3nc1n2CCc1ccccc1. The maximum atomic E-state index is 4.94. The molecule has 2 heterocycles. The molecule has 0 aliphatic rings. The van der Waals surface area contributed by atoms with Crippen LogP contribution in [0.15, 0.2) is 77.3 Å². The first-order chi connectivity index (χ1) is 12.8. The largest absolute Gasteiger partial charge is 0.324 e. The topological polar surface area (TPSA) is 30.7 Å². The van der Waals surface area contributed by atoms with Crippen LogP contribution >= 0.6 is 15.9 Å². The van der Waals surface area contributed by atoms with Crippen LogP contribution in [0.3, 0.4) is 0 Å². The Hall–Kier alpha value is -2.72. The molecular formula is C22H16BrN3. The molecule has 3 nitrogen and oxygen atoms in total. The summed E-state index contributed by atoms with van der Waals surface area (Å²) >= 11 is 3.60. The highest BCUT2D eigenvalue weighted by molar-refractivity contribution is 9.10. The lowest BCUT2D eigenvalue weighted by molar-refractivity contribution is 0.738. The number of aryl methyl sites for hydroxylation is 2. The van der Waals surface area contributed by atoms with Crippen molar-refractivity contribution in [2.45, 2.75) is 13.0 Å². The number of hydrogen-bond donors (Lipinski definition) is 0. The van der Waals surface area contributed by atoms with Crippen LogP contribution in [-0.2, 0) is 13.0 Å². The summed E-state index contributed by atoms with van der Waals surface area (Å²) in [5.41, 5.74) is 6.29. The second-order valence-electron chi connectivity index (χ2n) is 6.43. The van der Waals surface area contributed by atoms with Gasteiger partial charge in [-0.15, -0.1) is 0 Å². The fourth-order valence-corrected chi connectivity index (χ4v) is 3.88. The molecule has 5 rings (SSSR count). The molecule has 0 amide bonds. The van der Waals surface area contributed by atoms with E-state index in [0.717, 1.165) is 45.0 Å². The lowest BCUT2D eigenvalue weighted by atomic mass is 10.1. The summed E-state index contributed by atoms with van der Waals surface area (Å²) in [6, 6.07) is 25.0. The zero-order valence-corrected chi connectivity index (χ0v) is 15.6. The van der Waals surface area contributed by atoms with Crippen LogP contribution in [0.5, 0.6) is 0 Å². The lowest BCUT2D eigenvalue weighted by Gasteiger charge is -2.07. The van der Waals surface area contributed by atoms with E-state index in [4.69, 9.17) is 9.97 Å². The van der Waals surface area contributed by atoms with Gasteiger partial charge in [0.15, 0.2) is 5.65 Å². The average Bonchev–Trinajstić information content (AvgIpc) is 2.97. The summed E-state index contributed by atoms with van der Waals surface area (Å²) in [4.78, 5) is 9.86. The summed E-state index contributed by atoms with van der Waals surface area (Å²) in [7, 11) is 0. The van der Waals surface area contributed by atoms with Gasteiger partial charge in [-0.1, -0.05) is 58.4 Å². The van der Waals surface area contributed by atoms with Gasteiger partial charge in [-0.05, 0) is 42.3 Å². The molecule has 0 fully saturated rings. The van der Waals surface area contributed by atoms with Crippen LogP contribution < -0.4 is 0 Å². The smallest absolute Gasteiger partial charge is 0.160 e. The molecule has 0 unspecified atom stereocenters. The standard InChI is InChI=1S/C22H16BrN3/c23-16-10-11-20-17(14-16)21-22(25-19-9-5-4-8-18(19)24-21)26(20)13-12-15-6-2-1-3-7-15/h1-11,14H,12-13H2. The number of fused-ring (bicyclic) bond motifs is 4. The summed E-state index contributed by atoms with van der Waals surface area (Å²) in [6.45, 7) is 0.874. The highest BCUT2D eigenvalue weighted by atomic mass is 79.9. The van der Waals surface area contributed by atoms with Gasteiger partial charge < -0.3 is 4.57 Å². The lowest BCUT2D eigenvalue weighted by Crippen LogP contribution is -2.02. The van der Waals surface area contributed by atoms with Crippen molar-refractivity contribution in [3.63, 3.8) is 0 Å². The van der Waals surface area contributed by atoms with Crippen molar-refractivity contribution in [1.82, 2.24) is 14.5 Å². The normalized spacial score (nSPS) is 11.6. The van der Waals surface area contributed by atoms with Crippen LogP contribution in [0.1, 0.15) is 5.56 Å². The molecule has 5 aromatic rings. The van der Waals surface area contributed by atoms with Gasteiger partial charge in [0.1, 0.15) is 5.52 Å². The van der Waals surface area contributed by atoms with Crippen molar-refractivity contribution in [3.8, 4) is 0 Å². The number of rotatable bonds is 3. The Labute approximate surface area is 159 Å². The Morgan fingerprint density at radius 3 is 2.35 bits per heavy atom. The molecule has 0 bridgehead atoms. The van der Waals surface area contributed by atoms with Crippen LogP contribution in [0.4, 0.5) is 0 Å². The van der Waals surface area contributed by atoms with Crippen LogP contribution in [0.2, 0.25) is 0 Å². The number of halogens is 1. The zero-order chi connectivity index (χ0) is 17.5. The van der Waals surface area contributed by atoms with Gasteiger partial charge in [0.2, 0.25) is 0 Å². The van der Waals surface area contributed by atoms with E-state index in [9.17, 15) is 0 Å². The number of nitrogens with zero attached hydrogens (tertiary/aromatic N) is 3. The van der Waals surface area contributed by atoms with E-state index in [1.54, 1.807) is 0 Å². The first-order valence-corrected chi connectivity index (χ1v) is 9.47. The Balaban J connectivity index is 1.74. The molecule has 0 atom stereocenters. The van der Waals surface area contributed by atoms with Crippen molar-refractivity contribution in [2.75, 3.05) is 0 Å². The number of para-hydroxylation sites is 2. The monoisotopic (exact) mass is 401 g/mol. The van der Waals surface area contributed by atoms with E-state index in [1.165, 1.54) is 11.1 Å². The summed E-state index contributed by atoms with van der Waals surface area (Å²) in [5, 5.41) is 1.14. The number of hydrogen-bond acceptors (Lipinski definition) is 2. The van der Waals surface area contributed by atoms with Crippen molar-refractivity contribution in [1.29, 1.82) is 0 Å². The van der Waals surface area contributed by atoms with E-state index in [0.29, 0.717) is 0 Å². The summed E-state index contributed by atoms with van der Waals surface area (Å²) < 4.78 is 3.35. The fraction of sp³-hybridized carbons (Fsp3) is 0.0909. The molecule has 0 spiro atoms. The quantitative estimate of drug-likeness (QED) is 0.385. The Bertz CT molecular complexity index is 1240. The van der Waals surface area contributed by atoms with Crippen LogP contribution in [-0.4, -0.2) is 14.5 Å². The van der Waals surface area contributed by atoms with Gasteiger partial charge >= 0.3 is 0 Å². The van der Waals surface area contributed by atoms with E-state index >= 15 is 0 Å². The molecule has 26 heavy (non-hydrogen) atoms. The Morgan fingerprint density at radius 2 is 1.54 bits per heavy atom.